The van der Waals surface area contributed by atoms with E-state index in [1.807, 2.05) is 0 Å². The number of carbonyl (C=O) groups is 1. The van der Waals surface area contributed by atoms with Gasteiger partial charge in [-0.25, -0.2) is 0 Å². The minimum atomic E-state index is 0.314. The van der Waals surface area contributed by atoms with Crippen molar-refractivity contribution in [2.45, 2.75) is 59.0 Å². The van der Waals surface area contributed by atoms with Gasteiger partial charge in [-0.05, 0) is 31.1 Å². The van der Waals surface area contributed by atoms with E-state index in [-0.39, 0.29) is 0 Å². The summed E-state index contributed by atoms with van der Waals surface area (Å²) in [6.45, 7) is 6.58. The topological polar surface area (TPSA) is 26.3 Å². The maximum absolute atomic E-state index is 11.9. The van der Waals surface area contributed by atoms with Crippen LogP contribution in [-0.2, 0) is 9.53 Å². The van der Waals surface area contributed by atoms with Crippen LogP contribution in [0.4, 0.5) is 0 Å². The molecule has 2 nitrogen and oxygen atoms in total. The van der Waals surface area contributed by atoms with Gasteiger partial charge in [-0.15, -0.1) is 0 Å². The summed E-state index contributed by atoms with van der Waals surface area (Å²) >= 11 is 0. The maximum Gasteiger partial charge on any atom is 0.162 e. The fraction of sp³-hybridized carbons (Fsp3) is 0.786. The zero-order valence-corrected chi connectivity index (χ0v) is 10.6. The fourth-order valence-electron chi connectivity index (χ4n) is 2.82. The molecule has 0 aromatic heterocycles. The molecule has 0 unspecified atom stereocenters. The first-order valence-electron chi connectivity index (χ1n) is 6.56. The van der Waals surface area contributed by atoms with Crippen LogP contribution in [0.15, 0.2) is 11.3 Å². The molecule has 0 amide bonds. The highest BCUT2D eigenvalue weighted by atomic mass is 16.5. The second kappa shape index (κ2) is 4.60. The van der Waals surface area contributed by atoms with Gasteiger partial charge in [0.05, 0.1) is 0 Å². The number of hydrogen-bond donors (Lipinski definition) is 0. The molecule has 1 heterocycles. The molecule has 16 heavy (non-hydrogen) atoms. The van der Waals surface area contributed by atoms with E-state index in [1.165, 1.54) is 0 Å². The van der Waals surface area contributed by atoms with Crippen LogP contribution in [-0.4, -0.2) is 11.9 Å². The summed E-state index contributed by atoms with van der Waals surface area (Å²) in [5, 5.41) is 0. The predicted octanol–water partition coefficient (Wildman–Crippen LogP) is 3.46. The van der Waals surface area contributed by atoms with Crippen molar-refractivity contribution in [3.8, 4) is 0 Å². The predicted molar refractivity (Wildman–Crippen MR) is 64.0 cm³/mol. The van der Waals surface area contributed by atoms with E-state index < -0.39 is 0 Å². The van der Waals surface area contributed by atoms with Gasteiger partial charge in [-0.2, -0.15) is 0 Å². The molecule has 0 aromatic rings. The lowest BCUT2D eigenvalue weighted by atomic mass is 9.79. The molecule has 0 saturated heterocycles. The standard InChI is InChI=1S/C14H22O2/c1-4-10-8-13(9(2)3)16-12-7-5-6-11(15)14(10)12/h9-10,13H,4-8H2,1-3H3/t10-,13+/m0/s1. The molecule has 0 spiro atoms. The Kier molecular flexibility index (Phi) is 3.36. The van der Waals surface area contributed by atoms with E-state index in [9.17, 15) is 4.79 Å². The van der Waals surface area contributed by atoms with Crippen LogP contribution < -0.4 is 0 Å². The summed E-state index contributed by atoms with van der Waals surface area (Å²) in [4.78, 5) is 11.9. The van der Waals surface area contributed by atoms with Gasteiger partial charge in [0.15, 0.2) is 5.78 Å². The first kappa shape index (κ1) is 11.7. The average Bonchev–Trinajstić information content (AvgIpc) is 2.27. The summed E-state index contributed by atoms with van der Waals surface area (Å²) in [5.41, 5.74) is 1.03. The van der Waals surface area contributed by atoms with Crippen molar-refractivity contribution < 1.29 is 9.53 Å². The summed E-state index contributed by atoms with van der Waals surface area (Å²) in [6, 6.07) is 0. The van der Waals surface area contributed by atoms with E-state index >= 15 is 0 Å². The number of hydrogen-bond acceptors (Lipinski definition) is 2. The van der Waals surface area contributed by atoms with Crippen LogP contribution in [0.25, 0.3) is 0 Å². The van der Waals surface area contributed by atoms with Crippen molar-refractivity contribution in [2.75, 3.05) is 0 Å². The third-order valence-electron chi connectivity index (χ3n) is 3.86. The van der Waals surface area contributed by atoms with Crippen molar-refractivity contribution >= 4 is 5.78 Å². The van der Waals surface area contributed by atoms with Gasteiger partial charge in [-0.1, -0.05) is 20.8 Å². The van der Waals surface area contributed by atoms with Crippen LogP contribution in [0.3, 0.4) is 0 Å². The van der Waals surface area contributed by atoms with Crippen molar-refractivity contribution in [1.82, 2.24) is 0 Å². The zero-order chi connectivity index (χ0) is 11.7. The molecule has 0 radical (unpaired) electrons. The van der Waals surface area contributed by atoms with Gasteiger partial charge in [0.1, 0.15) is 11.9 Å². The Labute approximate surface area is 98.1 Å². The first-order valence-corrected chi connectivity index (χ1v) is 6.56. The Hall–Kier alpha value is -0.790. The normalized spacial score (nSPS) is 30.4. The van der Waals surface area contributed by atoms with Gasteiger partial charge in [0, 0.05) is 18.4 Å². The SMILES string of the molecule is CC[C@H]1C[C@H](C(C)C)OC2=C1C(=O)CCC2. The molecular weight excluding hydrogens is 200 g/mol. The highest BCUT2D eigenvalue weighted by molar-refractivity contribution is 5.97. The molecule has 2 atom stereocenters. The van der Waals surface area contributed by atoms with Gasteiger partial charge in [0.2, 0.25) is 0 Å². The monoisotopic (exact) mass is 222 g/mol. The van der Waals surface area contributed by atoms with Gasteiger partial charge < -0.3 is 4.74 Å². The number of Topliss-reactive ketones (excluding diaryl/α,β-unsaturated/α-hetero) is 1. The summed E-state index contributed by atoms with van der Waals surface area (Å²) < 4.78 is 6.01. The number of rotatable bonds is 2. The van der Waals surface area contributed by atoms with Crippen molar-refractivity contribution in [3.05, 3.63) is 11.3 Å². The van der Waals surface area contributed by atoms with Crippen LogP contribution in [0, 0.1) is 11.8 Å². The zero-order valence-electron chi connectivity index (χ0n) is 10.6. The van der Waals surface area contributed by atoms with Crippen LogP contribution in [0.5, 0.6) is 0 Å². The van der Waals surface area contributed by atoms with Gasteiger partial charge >= 0.3 is 0 Å². The smallest absolute Gasteiger partial charge is 0.162 e. The second-order valence-corrected chi connectivity index (χ2v) is 5.35. The maximum atomic E-state index is 11.9. The molecule has 0 aromatic carbocycles. The molecule has 2 aliphatic rings. The van der Waals surface area contributed by atoms with Crippen LogP contribution >= 0.6 is 0 Å². The Morgan fingerprint density at radius 2 is 2.12 bits per heavy atom. The van der Waals surface area contributed by atoms with Crippen LogP contribution in [0.2, 0.25) is 0 Å². The molecule has 0 bridgehead atoms. The minimum Gasteiger partial charge on any atom is -0.494 e. The van der Waals surface area contributed by atoms with E-state index in [2.05, 4.69) is 20.8 Å². The van der Waals surface area contributed by atoms with E-state index in [0.29, 0.717) is 23.7 Å². The molecule has 0 N–H and O–H groups in total. The highest BCUT2D eigenvalue weighted by Gasteiger charge is 2.35. The molecule has 2 heteroatoms. The number of allylic oxidation sites excluding steroid dienone is 2. The lowest BCUT2D eigenvalue weighted by molar-refractivity contribution is -0.118. The third-order valence-corrected chi connectivity index (χ3v) is 3.86. The Morgan fingerprint density at radius 3 is 2.75 bits per heavy atom. The minimum absolute atomic E-state index is 0.314. The highest BCUT2D eigenvalue weighted by Crippen LogP contribution is 2.39. The van der Waals surface area contributed by atoms with Gasteiger partial charge in [0.25, 0.3) is 0 Å². The van der Waals surface area contributed by atoms with Crippen LogP contribution in [0.1, 0.15) is 52.9 Å². The summed E-state index contributed by atoms with van der Waals surface area (Å²) in [7, 11) is 0. The Bertz CT molecular complexity index is 315. The molecule has 90 valence electrons. The Morgan fingerprint density at radius 1 is 1.38 bits per heavy atom. The number of ketones is 1. The Balaban J connectivity index is 2.27. The molecular formula is C14H22O2. The summed E-state index contributed by atoms with van der Waals surface area (Å²) in [6.07, 6.45) is 5.08. The third kappa shape index (κ3) is 2.02. The lowest BCUT2D eigenvalue weighted by Gasteiger charge is -2.37. The fourth-order valence-corrected chi connectivity index (χ4v) is 2.82. The van der Waals surface area contributed by atoms with E-state index in [4.69, 9.17) is 4.74 Å². The van der Waals surface area contributed by atoms with Crippen molar-refractivity contribution in [2.24, 2.45) is 11.8 Å². The number of carbonyl (C=O) groups excluding carboxylic acids is 1. The number of ether oxygens (including phenoxy) is 1. The quantitative estimate of drug-likeness (QED) is 0.715. The van der Waals surface area contributed by atoms with Crippen molar-refractivity contribution in [1.29, 1.82) is 0 Å². The molecule has 2 rings (SSSR count). The van der Waals surface area contributed by atoms with Gasteiger partial charge in [-0.3, -0.25) is 4.79 Å². The van der Waals surface area contributed by atoms with Crippen molar-refractivity contribution in [3.63, 3.8) is 0 Å². The lowest BCUT2D eigenvalue weighted by Crippen LogP contribution is -2.33. The van der Waals surface area contributed by atoms with E-state index in [1.54, 1.807) is 0 Å². The molecule has 1 aliphatic heterocycles. The van der Waals surface area contributed by atoms with E-state index in [0.717, 1.165) is 43.4 Å². The molecule has 0 fully saturated rings. The second-order valence-electron chi connectivity index (χ2n) is 5.35. The molecule has 1 aliphatic carbocycles. The average molecular weight is 222 g/mol. The molecule has 0 saturated carbocycles. The first-order chi connectivity index (χ1) is 7.63. The largest absolute Gasteiger partial charge is 0.494 e. The summed E-state index contributed by atoms with van der Waals surface area (Å²) in [5.74, 6) is 2.35.